The maximum atomic E-state index is 12.1. The molecule has 0 aliphatic heterocycles. The van der Waals surface area contributed by atoms with Crippen LogP contribution >= 0.6 is 11.3 Å². The minimum atomic E-state index is -0.253. The van der Waals surface area contributed by atoms with E-state index in [1.165, 1.54) is 28.5 Å². The van der Waals surface area contributed by atoms with Gasteiger partial charge in [-0.25, -0.2) is 9.78 Å². The Kier molecular flexibility index (Phi) is 2.86. The van der Waals surface area contributed by atoms with Gasteiger partial charge in [0.2, 0.25) is 0 Å². The minimum absolute atomic E-state index is 0.253. The Bertz CT molecular complexity index is 683. The monoisotopic (exact) mass is 275 g/mol. The number of nitrogens with zero attached hydrogens (tertiary/aromatic N) is 1. The Hall–Kier alpha value is -1.42. The van der Waals surface area contributed by atoms with Crippen LogP contribution in [-0.2, 0) is 4.74 Å². The van der Waals surface area contributed by atoms with Crippen LogP contribution in [0.4, 0.5) is 0 Å². The SMILES string of the molecule is COC(=O)c1c(C)nc2sc(C)c(C)c2c1C1CC1. The lowest BCUT2D eigenvalue weighted by Gasteiger charge is -2.12. The number of hydrogen-bond donors (Lipinski definition) is 0. The van der Waals surface area contributed by atoms with E-state index in [1.54, 1.807) is 11.3 Å². The summed E-state index contributed by atoms with van der Waals surface area (Å²) in [4.78, 5) is 19.0. The standard InChI is InChI=1S/C15H17NO2S/c1-7-9(3)19-14-11(7)13(10-5-6-10)12(8(2)16-14)15(17)18-4/h10H,5-6H2,1-4H3. The van der Waals surface area contributed by atoms with E-state index in [4.69, 9.17) is 4.74 Å². The zero-order chi connectivity index (χ0) is 13.7. The van der Waals surface area contributed by atoms with Gasteiger partial charge in [0.05, 0.1) is 18.4 Å². The number of carbonyl (C=O) groups excluding carboxylic acids is 1. The van der Waals surface area contributed by atoms with Crippen molar-refractivity contribution in [3.8, 4) is 0 Å². The van der Waals surface area contributed by atoms with E-state index < -0.39 is 0 Å². The molecule has 0 N–H and O–H groups in total. The molecule has 3 nitrogen and oxygen atoms in total. The fourth-order valence-corrected chi connectivity index (χ4v) is 3.77. The third kappa shape index (κ3) is 1.86. The summed E-state index contributed by atoms with van der Waals surface area (Å²) in [6.45, 7) is 6.14. The van der Waals surface area contributed by atoms with Gasteiger partial charge in [-0.2, -0.15) is 0 Å². The molecule has 3 rings (SSSR count). The molecule has 1 aliphatic rings. The van der Waals surface area contributed by atoms with Gasteiger partial charge >= 0.3 is 5.97 Å². The zero-order valence-electron chi connectivity index (χ0n) is 11.7. The molecule has 2 aromatic heterocycles. The molecule has 0 radical (unpaired) electrons. The highest BCUT2D eigenvalue weighted by Crippen LogP contribution is 2.47. The van der Waals surface area contributed by atoms with E-state index in [-0.39, 0.29) is 5.97 Å². The van der Waals surface area contributed by atoms with Crippen LogP contribution in [0.1, 0.15) is 50.8 Å². The van der Waals surface area contributed by atoms with E-state index in [9.17, 15) is 4.79 Å². The number of hydrogen-bond acceptors (Lipinski definition) is 4. The van der Waals surface area contributed by atoms with Crippen LogP contribution in [0.5, 0.6) is 0 Å². The lowest BCUT2D eigenvalue weighted by atomic mass is 9.97. The van der Waals surface area contributed by atoms with Gasteiger partial charge in [0, 0.05) is 10.3 Å². The van der Waals surface area contributed by atoms with Crippen LogP contribution in [0.25, 0.3) is 10.2 Å². The summed E-state index contributed by atoms with van der Waals surface area (Å²) in [6, 6.07) is 0. The van der Waals surface area contributed by atoms with Crippen molar-refractivity contribution >= 4 is 27.5 Å². The number of fused-ring (bicyclic) bond motifs is 1. The first kappa shape index (κ1) is 12.6. The molecular weight excluding hydrogens is 258 g/mol. The van der Waals surface area contributed by atoms with Crippen LogP contribution in [0.3, 0.4) is 0 Å². The van der Waals surface area contributed by atoms with Gasteiger partial charge in [0.25, 0.3) is 0 Å². The summed E-state index contributed by atoms with van der Waals surface area (Å²) in [6.07, 6.45) is 2.33. The van der Waals surface area contributed by atoms with Gasteiger partial charge < -0.3 is 4.74 Å². The second kappa shape index (κ2) is 4.30. The van der Waals surface area contributed by atoms with Gasteiger partial charge in [-0.3, -0.25) is 0 Å². The molecule has 100 valence electrons. The topological polar surface area (TPSA) is 39.2 Å². The number of rotatable bonds is 2. The van der Waals surface area contributed by atoms with E-state index in [0.29, 0.717) is 11.5 Å². The largest absolute Gasteiger partial charge is 0.465 e. The van der Waals surface area contributed by atoms with E-state index in [0.717, 1.165) is 23.4 Å². The minimum Gasteiger partial charge on any atom is -0.465 e. The van der Waals surface area contributed by atoms with Gasteiger partial charge in [0.15, 0.2) is 0 Å². The highest BCUT2D eigenvalue weighted by atomic mass is 32.1. The van der Waals surface area contributed by atoms with Crippen LogP contribution in [0.2, 0.25) is 0 Å². The van der Waals surface area contributed by atoms with Crippen LogP contribution < -0.4 is 0 Å². The summed E-state index contributed by atoms with van der Waals surface area (Å²) in [5.74, 6) is 0.253. The predicted octanol–water partition coefficient (Wildman–Crippen LogP) is 3.89. The first-order valence-corrected chi connectivity index (χ1v) is 7.34. The number of esters is 1. The van der Waals surface area contributed by atoms with Crippen molar-refractivity contribution in [2.75, 3.05) is 7.11 Å². The number of ether oxygens (including phenoxy) is 1. The quantitative estimate of drug-likeness (QED) is 0.781. The second-order valence-corrected chi connectivity index (χ2v) is 6.42. The van der Waals surface area contributed by atoms with Gasteiger partial charge in [-0.05, 0) is 50.7 Å². The Morgan fingerprint density at radius 1 is 1.32 bits per heavy atom. The highest BCUT2D eigenvalue weighted by Gasteiger charge is 2.33. The van der Waals surface area contributed by atoms with Crippen LogP contribution in [0, 0.1) is 20.8 Å². The molecule has 19 heavy (non-hydrogen) atoms. The number of carbonyl (C=O) groups is 1. The van der Waals surface area contributed by atoms with Crippen LogP contribution in [-0.4, -0.2) is 18.1 Å². The third-order valence-electron chi connectivity index (χ3n) is 3.91. The Morgan fingerprint density at radius 2 is 2.00 bits per heavy atom. The molecular formula is C15H17NO2S. The highest BCUT2D eigenvalue weighted by molar-refractivity contribution is 7.18. The van der Waals surface area contributed by atoms with E-state index in [1.807, 2.05) is 6.92 Å². The zero-order valence-corrected chi connectivity index (χ0v) is 12.5. The molecule has 4 heteroatoms. The Morgan fingerprint density at radius 3 is 2.58 bits per heavy atom. The molecule has 0 amide bonds. The van der Waals surface area contributed by atoms with Gasteiger partial charge in [0.1, 0.15) is 4.83 Å². The first-order chi connectivity index (χ1) is 9.04. The Labute approximate surface area is 116 Å². The maximum Gasteiger partial charge on any atom is 0.340 e. The molecule has 0 spiro atoms. The molecule has 2 heterocycles. The summed E-state index contributed by atoms with van der Waals surface area (Å²) in [5, 5.41) is 1.19. The van der Waals surface area contributed by atoms with Crippen molar-refractivity contribution in [1.82, 2.24) is 4.98 Å². The van der Waals surface area contributed by atoms with Crippen molar-refractivity contribution < 1.29 is 9.53 Å². The fraction of sp³-hybridized carbons (Fsp3) is 0.467. The van der Waals surface area contributed by atoms with Crippen molar-refractivity contribution in [1.29, 1.82) is 0 Å². The summed E-state index contributed by atoms with van der Waals surface area (Å²) in [7, 11) is 1.44. The summed E-state index contributed by atoms with van der Waals surface area (Å²) in [5.41, 5.74) is 3.93. The molecule has 0 atom stereocenters. The van der Waals surface area contributed by atoms with Gasteiger partial charge in [-0.1, -0.05) is 0 Å². The molecule has 0 aromatic carbocycles. The first-order valence-electron chi connectivity index (χ1n) is 6.53. The normalized spacial score (nSPS) is 14.9. The molecule has 0 unspecified atom stereocenters. The third-order valence-corrected chi connectivity index (χ3v) is 5.01. The van der Waals surface area contributed by atoms with Gasteiger partial charge in [-0.15, -0.1) is 11.3 Å². The average Bonchev–Trinajstić information content (AvgIpc) is 3.16. The predicted molar refractivity (Wildman–Crippen MR) is 77.1 cm³/mol. The van der Waals surface area contributed by atoms with Crippen molar-refractivity contribution in [3.63, 3.8) is 0 Å². The second-order valence-electron chi connectivity index (χ2n) is 5.22. The molecule has 0 saturated heterocycles. The van der Waals surface area contributed by atoms with Crippen molar-refractivity contribution in [2.45, 2.75) is 39.5 Å². The molecule has 0 bridgehead atoms. The fourth-order valence-electron chi connectivity index (χ4n) is 2.67. The maximum absolute atomic E-state index is 12.1. The number of pyridine rings is 1. The molecule has 1 saturated carbocycles. The smallest absolute Gasteiger partial charge is 0.340 e. The van der Waals surface area contributed by atoms with Crippen LogP contribution in [0.15, 0.2) is 0 Å². The summed E-state index contributed by atoms with van der Waals surface area (Å²) < 4.78 is 4.96. The molecule has 2 aromatic rings. The molecule has 1 aliphatic carbocycles. The lowest BCUT2D eigenvalue weighted by molar-refractivity contribution is 0.0598. The number of thiophene rings is 1. The van der Waals surface area contributed by atoms with Crippen molar-refractivity contribution in [2.24, 2.45) is 0 Å². The van der Waals surface area contributed by atoms with Crippen molar-refractivity contribution in [3.05, 3.63) is 27.3 Å². The average molecular weight is 275 g/mol. The lowest BCUT2D eigenvalue weighted by Crippen LogP contribution is -2.10. The van der Waals surface area contributed by atoms with E-state index >= 15 is 0 Å². The summed E-state index contributed by atoms with van der Waals surface area (Å²) >= 11 is 1.72. The molecule has 1 fully saturated rings. The Balaban J connectivity index is 2.41. The number of methoxy groups -OCH3 is 1. The number of aryl methyl sites for hydroxylation is 3. The number of aromatic nitrogens is 1. The van der Waals surface area contributed by atoms with E-state index in [2.05, 4.69) is 18.8 Å².